The summed E-state index contributed by atoms with van der Waals surface area (Å²) in [4.78, 5) is 35.1. The van der Waals surface area contributed by atoms with E-state index >= 15 is 0 Å². The summed E-state index contributed by atoms with van der Waals surface area (Å²) in [6.45, 7) is 1.72. The highest BCUT2D eigenvalue weighted by Gasteiger charge is 2.11. The first-order chi connectivity index (χ1) is 15.4. The van der Waals surface area contributed by atoms with Crippen molar-refractivity contribution in [3.8, 4) is 5.75 Å². The van der Waals surface area contributed by atoms with Gasteiger partial charge in [-0.3, -0.25) is 19.7 Å². The van der Waals surface area contributed by atoms with Crippen molar-refractivity contribution in [1.29, 1.82) is 0 Å². The summed E-state index contributed by atoms with van der Waals surface area (Å²) in [5, 5.41) is 19.3. The number of carbonyl (C=O) groups is 2. The number of para-hydroxylation sites is 2. The van der Waals surface area contributed by atoms with E-state index in [1.807, 2.05) is 0 Å². The highest BCUT2D eigenvalue weighted by atomic mass is 16.6. The van der Waals surface area contributed by atoms with E-state index in [1.165, 1.54) is 19.2 Å². The Hall–Kier alpha value is -4.40. The van der Waals surface area contributed by atoms with Crippen molar-refractivity contribution in [2.24, 2.45) is 0 Å². The number of hydrogen-bond donors (Lipinski definition) is 3. The molecule has 0 aliphatic heterocycles. The molecule has 0 atom stereocenters. The zero-order valence-corrected chi connectivity index (χ0v) is 17.5. The largest absolute Gasteiger partial charge is 0.495 e. The number of nitrogens with zero attached hydrogens (tertiary/aromatic N) is 1. The molecular weight excluding hydrogens is 412 g/mol. The van der Waals surface area contributed by atoms with Crippen LogP contribution in [0.4, 0.5) is 22.7 Å². The highest BCUT2D eigenvalue weighted by molar-refractivity contribution is 6.05. The van der Waals surface area contributed by atoms with Crippen LogP contribution in [-0.4, -0.2) is 30.4 Å². The van der Waals surface area contributed by atoms with Crippen LogP contribution in [0, 0.1) is 17.0 Å². The molecule has 3 aromatic carbocycles. The van der Waals surface area contributed by atoms with Gasteiger partial charge in [0.1, 0.15) is 5.75 Å². The van der Waals surface area contributed by atoms with Crippen LogP contribution in [0.3, 0.4) is 0 Å². The maximum atomic E-state index is 12.5. The molecule has 0 bridgehead atoms. The first kappa shape index (κ1) is 22.3. The zero-order valence-electron chi connectivity index (χ0n) is 17.5. The third kappa shape index (κ3) is 5.60. The Bertz CT molecular complexity index is 1150. The van der Waals surface area contributed by atoms with Gasteiger partial charge in [0.05, 0.1) is 24.3 Å². The van der Waals surface area contributed by atoms with Gasteiger partial charge in [0.15, 0.2) is 0 Å². The lowest BCUT2D eigenvalue weighted by atomic mass is 10.1. The van der Waals surface area contributed by atoms with Crippen molar-refractivity contribution in [3.05, 3.63) is 88.0 Å². The molecule has 0 aliphatic rings. The lowest BCUT2D eigenvalue weighted by molar-refractivity contribution is -0.384. The normalized spacial score (nSPS) is 10.2. The summed E-state index contributed by atoms with van der Waals surface area (Å²) in [5.74, 6) is -0.0893. The van der Waals surface area contributed by atoms with Gasteiger partial charge in [-0.1, -0.05) is 18.2 Å². The Morgan fingerprint density at radius 3 is 2.38 bits per heavy atom. The van der Waals surface area contributed by atoms with E-state index < -0.39 is 4.92 Å². The monoisotopic (exact) mass is 434 g/mol. The molecule has 164 valence electrons. The predicted octanol–water partition coefficient (Wildman–Crippen LogP) is 4.21. The summed E-state index contributed by atoms with van der Waals surface area (Å²) in [6.07, 6.45) is 0. The Labute approximate surface area is 184 Å². The molecule has 3 N–H and O–H groups in total. The third-order valence-corrected chi connectivity index (χ3v) is 4.66. The average molecular weight is 434 g/mol. The van der Waals surface area contributed by atoms with E-state index in [-0.39, 0.29) is 24.0 Å². The lowest BCUT2D eigenvalue weighted by Gasteiger charge is -2.11. The standard InChI is InChI=1S/C23H22N4O5/c1-15-7-12-18(27(30)31)13-20(15)24-14-22(28)25-17-10-8-16(9-11-17)23(29)26-19-5-3-4-6-21(19)32-2/h3-13,24H,14H2,1-2H3,(H,25,28)(H,26,29). The molecule has 3 aromatic rings. The maximum absolute atomic E-state index is 12.5. The van der Waals surface area contributed by atoms with E-state index in [9.17, 15) is 19.7 Å². The summed E-state index contributed by atoms with van der Waals surface area (Å²) in [5.41, 5.74) is 2.73. The number of amides is 2. The minimum Gasteiger partial charge on any atom is -0.495 e. The van der Waals surface area contributed by atoms with Crippen LogP contribution in [0.1, 0.15) is 15.9 Å². The number of non-ortho nitro benzene ring substituents is 1. The van der Waals surface area contributed by atoms with Gasteiger partial charge in [-0.25, -0.2) is 0 Å². The van der Waals surface area contributed by atoms with E-state index in [0.29, 0.717) is 28.4 Å². The Kier molecular flexibility index (Phi) is 7.02. The Morgan fingerprint density at radius 2 is 1.69 bits per heavy atom. The molecule has 0 heterocycles. The Balaban J connectivity index is 1.57. The van der Waals surface area contributed by atoms with Gasteiger partial charge in [-0.2, -0.15) is 0 Å². The van der Waals surface area contributed by atoms with Crippen molar-refractivity contribution >= 4 is 34.6 Å². The second-order valence-corrected chi connectivity index (χ2v) is 6.89. The molecule has 0 spiro atoms. The van der Waals surface area contributed by atoms with Crippen molar-refractivity contribution in [3.63, 3.8) is 0 Å². The minimum absolute atomic E-state index is 0.0551. The highest BCUT2D eigenvalue weighted by Crippen LogP contribution is 2.24. The molecule has 9 heteroatoms. The van der Waals surface area contributed by atoms with Crippen molar-refractivity contribution in [1.82, 2.24) is 0 Å². The first-order valence-corrected chi connectivity index (χ1v) is 9.70. The van der Waals surface area contributed by atoms with Crippen LogP contribution in [0.2, 0.25) is 0 Å². The first-order valence-electron chi connectivity index (χ1n) is 9.70. The number of nitro groups is 1. The fraction of sp³-hybridized carbons (Fsp3) is 0.130. The van der Waals surface area contributed by atoms with Crippen LogP contribution in [0.5, 0.6) is 5.75 Å². The number of methoxy groups -OCH3 is 1. The van der Waals surface area contributed by atoms with Crippen LogP contribution in [0.15, 0.2) is 66.7 Å². The topological polar surface area (TPSA) is 123 Å². The number of carbonyl (C=O) groups excluding carboxylic acids is 2. The maximum Gasteiger partial charge on any atom is 0.271 e. The molecule has 0 radical (unpaired) electrons. The summed E-state index contributed by atoms with van der Waals surface area (Å²) >= 11 is 0. The van der Waals surface area contributed by atoms with Gasteiger partial charge >= 0.3 is 0 Å². The fourth-order valence-corrected chi connectivity index (χ4v) is 2.94. The van der Waals surface area contributed by atoms with E-state index in [2.05, 4.69) is 16.0 Å². The van der Waals surface area contributed by atoms with Gasteiger partial charge in [0.25, 0.3) is 11.6 Å². The zero-order chi connectivity index (χ0) is 23.1. The number of rotatable bonds is 8. The van der Waals surface area contributed by atoms with Crippen molar-refractivity contribution in [2.75, 3.05) is 29.6 Å². The number of hydrogen-bond acceptors (Lipinski definition) is 6. The van der Waals surface area contributed by atoms with Gasteiger partial charge < -0.3 is 20.7 Å². The van der Waals surface area contributed by atoms with Crippen LogP contribution in [0.25, 0.3) is 0 Å². The number of aryl methyl sites for hydroxylation is 1. The molecule has 0 aliphatic carbocycles. The van der Waals surface area contributed by atoms with Gasteiger partial charge in [-0.15, -0.1) is 0 Å². The number of nitrogens with one attached hydrogen (secondary N) is 3. The van der Waals surface area contributed by atoms with Crippen LogP contribution < -0.4 is 20.7 Å². The van der Waals surface area contributed by atoms with E-state index in [4.69, 9.17) is 4.74 Å². The number of ether oxygens (including phenoxy) is 1. The molecule has 2 amide bonds. The van der Waals surface area contributed by atoms with E-state index in [0.717, 1.165) is 5.56 Å². The summed E-state index contributed by atoms with van der Waals surface area (Å²) in [6, 6.07) is 17.9. The third-order valence-electron chi connectivity index (χ3n) is 4.66. The van der Waals surface area contributed by atoms with Crippen molar-refractivity contribution < 1.29 is 19.2 Å². The second-order valence-electron chi connectivity index (χ2n) is 6.89. The smallest absolute Gasteiger partial charge is 0.271 e. The number of anilines is 3. The SMILES string of the molecule is COc1ccccc1NC(=O)c1ccc(NC(=O)CNc2cc([N+](=O)[O-])ccc2C)cc1. The summed E-state index contributed by atoms with van der Waals surface area (Å²) in [7, 11) is 1.53. The van der Waals surface area contributed by atoms with E-state index in [1.54, 1.807) is 61.5 Å². The molecule has 0 saturated heterocycles. The van der Waals surface area contributed by atoms with Gasteiger partial charge in [-0.05, 0) is 48.9 Å². The van der Waals surface area contributed by atoms with Gasteiger partial charge in [0, 0.05) is 29.1 Å². The second kappa shape index (κ2) is 10.1. The average Bonchev–Trinajstić information content (AvgIpc) is 2.79. The molecule has 0 unspecified atom stereocenters. The molecular formula is C23H22N4O5. The predicted molar refractivity (Wildman–Crippen MR) is 122 cm³/mol. The number of nitro benzene ring substituents is 1. The molecule has 0 fully saturated rings. The van der Waals surface area contributed by atoms with Crippen LogP contribution >= 0.6 is 0 Å². The molecule has 3 rings (SSSR count). The quantitative estimate of drug-likeness (QED) is 0.360. The van der Waals surface area contributed by atoms with Crippen molar-refractivity contribution in [2.45, 2.75) is 6.92 Å². The van der Waals surface area contributed by atoms with Gasteiger partial charge in [0.2, 0.25) is 5.91 Å². The Morgan fingerprint density at radius 1 is 0.969 bits per heavy atom. The van der Waals surface area contributed by atoms with Crippen LogP contribution in [-0.2, 0) is 4.79 Å². The molecule has 9 nitrogen and oxygen atoms in total. The summed E-state index contributed by atoms with van der Waals surface area (Å²) < 4.78 is 5.22. The lowest BCUT2D eigenvalue weighted by Crippen LogP contribution is -2.22. The number of benzene rings is 3. The fourth-order valence-electron chi connectivity index (χ4n) is 2.94. The molecule has 0 saturated carbocycles. The molecule has 32 heavy (non-hydrogen) atoms. The molecule has 0 aromatic heterocycles. The minimum atomic E-state index is -0.490.